The molecule has 0 amide bonds. The topological polar surface area (TPSA) is 75.4 Å². The summed E-state index contributed by atoms with van der Waals surface area (Å²) in [4.78, 5) is 2.59. The zero-order valence-electron chi connectivity index (χ0n) is 12.8. The highest BCUT2D eigenvalue weighted by Crippen LogP contribution is 2.20. The molecule has 1 aromatic carbocycles. The minimum atomic E-state index is -3.48. The number of hydrogen-bond acceptors (Lipinski definition) is 4. The van der Waals surface area contributed by atoms with Crippen molar-refractivity contribution in [3.8, 4) is 0 Å². The summed E-state index contributed by atoms with van der Waals surface area (Å²) in [5, 5.41) is 0. The van der Waals surface area contributed by atoms with Gasteiger partial charge in [-0.1, -0.05) is 13.0 Å². The van der Waals surface area contributed by atoms with E-state index in [9.17, 15) is 8.42 Å². The molecule has 6 heteroatoms. The third-order valence-electron chi connectivity index (χ3n) is 4.21. The van der Waals surface area contributed by atoms with E-state index in [1.165, 1.54) is 12.8 Å². The zero-order valence-corrected chi connectivity index (χ0v) is 13.6. The average Bonchev–Trinajstić information content (AvgIpc) is 2.44. The Labute approximate surface area is 127 Å². The predicted octanol–water partition coefficient (Wildman–Crippen LogP) is 1.59. The van der Waals surface area contributed by atoms with Crippen molar-refractivity contribution in [1.82, 2.24) is 9.62 Å². The van der Waals surface area contributed by atoms with Crippen molar-refractivity contribution < 1.29 is 8.42 Å². The summed E-state index contributed by atoms with van der Waals surface area (Å²) in [6.45, 7) is 7.30. The maximum atomic E-state index is 12.3. The summed E-state index contributed by atoms with van der Waals surface area (Å²) in [6.07, 6.45) is 2.39. The van der Waals surface area contributed by atoms with E-state index in [0.717, 1.165) is 25.6 Å². The third kappa shape index (κ3) is 4.18. The van der Waals surface area contributed by atoms with Gasteiger partial charge in [-0.25, -0.2) is 13.1 Å². The third-order valence-corrected chi connectivity index (χ3v) is 5.82. The van der Waals surface area contributed by atoms with Crippen LogP contribution < -0.4 is 10.5 Å². The van der Waals surface area contributed by atoms with Gasteiger partial charge in [0.15, 0.2) is 0 Å². The maximum absolute atomic E-state index is 12.3. The number of rotatable bonds is 5. The van der Waals surface area contributed by atoms with Gasteiger partial charge >= 0.3 is 0 Å². The largest absolute Gasteiger partial charge is 0.398 e. The minimum Gasteiger partial charge on any atom is -0.398 e. The van der Waals surface area contributed by atoms with E-state index in [1.807, 2.05) is 0 Å². The highest BCUT2D eigenvalue weighted by molar-refractivity contribution is 7.89. The van der Waals surface area contributed by atoms with Crippen LogP contribution in [0.5, 0.6) is 0 Å². The second-order valence-corrected chi connectivity index (χ2v) is 7.63. The molecular formula is C15H25N3O2S. The van der Waals surface area contributed by atoms with E-state index in [4.69, 9.17) is 5.73 Å². The molecule has 0 aliphatic carbocycles. The standard InChI is InChI=1S/C15H25N3O2S/c1-12-6-9-18(10-7-12)11-8-17-21(19,20)15-5-3-4-14(16)13(15)2/h3-5,12,17H,6-11,16H2,1-2H3. The first-order valence-electron chi connectivity index (χ1n) is 7.47. The van der Waals surface area contributed by atoms with E-state index in [2.05, 4.69) is 16.5 Å². The summed E-state index contributed by atoms with van der Waals surface area (Å²) in [7, 11) is -3.48. The van der Waals surface area contributed by atoms with Crippen LogP contribution in [-0.2, 0) is 10.0 Å². The summed E-state index contributed by atoms with van der Waals surface area (Å²) in [6, 6.07) is 4.97. The van der Waals surface area contributed by atoms with E-state index < -0.39 is 10.0 Å². The number of nitrogens with two attached hydrogens (primary N) is 1. The van der Waals surface area contributed by atoms with E-state index in [1.54, 1.807) is 25.1 Å². The highest BCUT2D eigenvalue weighted by Gasteiger charge is 2.19. The molecule has 1 aromatic rings. The number of hydrogen-bond donors (Lipinski definition) is 2. The molecule has 0 unspecified atom stereocenters. The first-order chi connectivity index (χ1) is 9.90. The Morgan fingerprint density at radius 3 is 2.67 bits per heavy atom. The Balaban J connectivity index is 1.91. The van der Waals surface area contributed by atoms with Gasteiger partial charge in [0.2, 0.25) is 10.0 Å². The average molecular weight is 311 g/mol. The Bertz CT molecular complexity index is 579. The molecule has 0 saturated carbocycles. The van der Waals surface area contributed by atoms with Crippen LogP contribution in [0.4, 0.5) is 5.69 Å². The number of nitrogens with one attached hydrogen (secondary N) is 1. The van der Waals surface area contributed by atoms with E-state index in [0.29, 0.717) is 17.8 Å². The van der Waals surface area contributed by atoms with Gasteiger partial charge in [-0.15, -0.1) is 0 Å². The van der Waals surface area contributed by atoms with Gasteiger partial charge in [0.25, 0.3) is 0 Å². The summed E-state index contributed by atoms with van der Waals surface area (Å²) in [5.74, 6) is 0.785. The molecule has 1 aliphatic rings. The van der Waals surface area contributed by atoms with Gasteiger partial charge < -0.3 is 10.6 Å². The van der Waals surface area contributed by atoms with Crippen LogP contribution in [0.2, 0.25) is 0 Å². The van der Waals surface area contributed by atoms with E-state index in [-0.39, 0.29) is 4.90 Å². The van der Waals surface area contributed by atoms with Crippen LogP contribution >= 0.6 is 0 Å². The van der Waals surface area contributed by atoms with Crippen molar-refractivity contribution in [3.05, 3.63) is 23.8 Å². The fourth-order valence-corrected chi connectivity index (χ4v) is 3.92. The van der Waals surface area contributed by atoms with Gasteiger partial charge in [0.05, 0.1) is 4.90 Å². The SMILES string of the molecule is Cc1c(N)cccc1S(=O)(=O)NCCN1CCC(C)CC1. The lowest BCUT2D eigenvalue weighted by atomic mass is 9.99. The zero-order chi connectivity index (χ0) is 15.5. The summed E-state index contributed by atoms with van der Waals surface area (Å²) in [5.41, 5.74) is 6.89. The molecule has 5 nitrogen and oxygen atoms in total. The van der Waals surface area contributed by atoms with Crippen LogP contribution in [0, 0.1) is 12.8 Å². The second kappa shape index (κ2) is 6.77. The Kier molecular flexibility index (Phi) is 5.24. The first-order valence-corrected chi connectivity index (χ1v) is 8.95. The normalized spacial score (nSPS) is 18.0. The number of benzene rings is 1. The van der Waals surface area contributed by atoms with Crippen LogP contribution in [-0.4, -0.2) is 39.5 Å². The number of anilines is 1. The van der Waals surface area contributed by atoms with Gasteiger partial charge in [-0.2, -0.15) is 0 Å². The summed E-state index contributed by atoms with van der Waals surface area (Å²) >= 11 is 0. The Morgan fingerprint density at radius 2 is 2.00 bits per heavy atom. The summed E-state index contributed by atoms with van der Waals surface area (Å²) < 4.78 is 27.3. The van der Waals surface area contributed by atoms with Crippen LogP contribution in [0.1, 0.15) is 25.3 Å². The Hall–Kier alpha value is -1.11. The maximum Gasteiger partial charge on any atom is 0.240 e. The quantitative estimate of drug-likeness (QED) is 0.810. The molecule has 0 radical (unpaired) electrons. The van der Waals surface area contributed by atoms with Crippen LogP contribution in [0.15, 0.2) is 23.1 Å². The van der Waals surface area contributed by atoms with Gasteiger partial charge in [-0.3, -0.25) is 0 Å². The number of nitrogens with zero attached hydrogens (tertiary/aromatic N) is 1. The lowest BCUT2D eigenvalue weighted by molar-refractivity contribution is 0.195. The van der Waals surface area contributed by atoms with Crippen LogP contribution in [0.3, 0.4) is 0 Å². The molecule has 1 aliphatic heterocycles. The predicted molar refractivity (Wildman–Crippen MR) is 85.6 cm³/mol. The van der Waals surface area contributed by atoms with Gasteiger partial charge in [0, 0.05) is 18.8 Å². The molecule has 1 saturated heterocycles. The minimum absolute atomic E-state index is 0.273. The van der Waals surface area contributed by atoms with Crippen molar-refractivity contribution in [3.63, 3.8) is 0 Å². The fraction of sp³-hybridized carbons (Fsp3) is 0.600. The molecule has 1 heterocycles. The molecule has 1 fully saturated rings. The number of piperidine rings is 1. The molecule has 3 N–H and O–H groups in total. The van der Waals surface area contributed by atoms with Gasteiger partial charge in [-0.05, 0) is 56.5 Å². The molecule has 2 rings (SSSR count). The van der Waals surface area contributed by atoms with Crippen molar-refractivity contribution in [2.24, 2.45) is 5.92 Å². The van der Waals surface area contributed by atoms with Crippen molar-refractivity contribution in [2.75, 3.05) is 31.9 Å². The molecule has 0 atom stereocenters. The number of nitrogen functional groups attached to an aromatic ring is 1. The molecular weight excluding hydrogens is 286 g/mol. The first kappa shape index (κ1) is 16.3. The number of sulfonamides is 1. The van der Waals surface area contributed by atoms with Crippen molar-refractivity contribution in [1.29, 1.82) is 0 Å². The molecule has 0 spiro atoms. The molecule has 118 valence electrons. The second-order valence-electron chi connectivity index (χ2n) is 5.89. The van der Waals surface area contributed by atoms with Gasteiger partial charge in [0.1, 0.15) is 0 Å². The lowest BCUT2D eigenvalue weighted by Crippen LogP contribution is -2.39. The monoisotopic (exact) mass is 311 g/mol. The lowest BCUT2D eigenvalue weighted by Gasteiger charge is -2.30. The Morgan fingerprint density at radius 1 is 1.33 bits per heavy atom. The van der Waals surface area contributed by atoms with Crippen molar-refractivity contribution >= 4 is 15.7 Å². The number of likely N-dealkylation sites (tertiary alicyclic amines) is 1. The highest BCUT2D eigenvalue weighted by atomic mass is 32.2. The molecule has 0 bridgehead atoms. The van der Waals surface area contributed by atoms with E-state index >= 15 is 0 Å². The molecule has 21 heavy (non-hydrogen) atoms. The smallest absolute Gasteiger partial charge is 0.240 e. The molecule has 0 aromatic heterocycles. The van der Waals surface area contributed by atoms with Crippen molar-refractivity contribution in [2.45, 2.75) is 31.6 Å². The van der Waals surface area contributed by atoms with Crippen LogP contribution in [0.25, 0.3) is 0 Å². The fourth-order valence-electron chi connectivity index (χ4n) is 2.62.